The molecule has 2 aromatic rings. The molecule has 0 aromatic heterocycles. The SMILES string of the molecule is C[C@@H]1O[C@@H](O[C@H]2[C@H](Oc3cc(O)c4c(c3)O[C@@H](c3ccc(O)c(O)c3)CC4=O)O[C@H](CO)[C@@H](O)[C@@H]2O)[C@H](O)[C@H](O)[C@H]1O. The van der Waals surface area contributed by atoms with E-state index in [1.165, 1.54) is 31.2 Å². The summed E-state index contributed by atoms with van der Waals surface area (Å²) < 4.78 is 28.4. The van der Waals surface area contributed by atoms with Gasteiger partial charge < -0.3 is 69.6 Å². The fraction of sp³-hybridized carbons (Fsp3) is 0.519. The second-order valence-electron chi connectivity index (χ2n) is 10.4. The lowest BCUT2D eigenvalue weighted by Crippen LogP contribution is -2.64. The number of phenols is 3. The first-order valence-electron chi connectivity index (χ1n) is 13.1. The second-order valence-corrected chi connectivity index (χ2v) is 10.4. The van der Waals surface area contributed by atoms with Gasteiger partial charge in [-0.05, 0) is 24.6 Å². The normalized spacial score (nSPS) is 36.6. The number of ether oxygens (including phenoxy) is 5. The molecule has 2 saturated heterocycles. The van der Waals surface area contributed by atoms with Gasteiger partial charge in [0.2, 0.25) is 6.29 Å². The smallest absolute Gasteiger partial charge is 0.229 e. The van der Waals surface area contributed by atoms with E-state index in [1.54, 1.807) is 0 Å². The number of phenolic OH excluding ortho intramolecular Hbond substituents is 3. The number of aliphatic hydroxyl groups is 6. The molecule has 0 aliphatic carbocycles. The fourth-order valence-electron chi connectivity index (χ4n) is 5.12. The Morgan fingerprint density at radius 3 is 2.26 bits per heavy atom. The number of aromatic hydroxyl groups is 3. The van der Waals surface area contributed by atoms with Gasteiger partial charge in [0.15, 0.2) is 29.7 Å². The van der Waals surface area contributed by atoms with Gasteiger partial charge in [-0.3, -0.25) is 4.79 Å². The largest absolute Gasteiger partial charge is 0.507 e. The Balaban J connectivity index is 1.42. The average Bonchev–Trinajstić information content (AvgIpc) is 2.95. The predicted octanol–water partition coefficient (Wildman–Crippen LogP) is -1.46. The molecule has 15 nitrogen and oxygen atoms in total. The highest BCUT2D eigenvalue weighted by molar-refractivity contribution is 6.02. The van der Waals surface area contributed by atoms with Crippen molar-refractivity contribution in [3.63, 3.8) is 0 Å². The van der Waals surface area contributed by atoms with Crippen LogP contribution in [-0.2, 0) is 14.2 Å². The number of fused-ring (bicyclic) bond motifs is 1. The van der Waals surface area contributed by atoms with Gasteiger partial charge in [-0.2, -0.15) is 0 Å². The van der Waals surface area contributed by atoms with Gasteiger partial charge in [-0.15, -0.1) is 0 Å². The first-order chi connectivity index (χ1) is 19.9. The minimum Gasteiger partial charge on any atom is -0.507 e. The van der Waals surface area contributed by atoms with Crippen molar-refractivity contribution in [2.45, 2.75) is 80.9 Å². The molecular weight excluding hydrogens is 564 g/mol. The van der Waals surface area contributed by atoms with Gasteiger partial charge in [0.05, 0.1) is 19.1 Å². The first-order valence-corrected chi connectivity index (χ1v) is 13.1. The van der Waals surface area contributed by atoms with Crippen molar-refractivity contribution in [3.8, 4) is 28.7 Å². The lowest BCUT2D eigenvalue weighted by molar-refractivity contribution is -0.354. The number of hydrogen-bond acceptors (Lipinski definition) is 15. The minimum absolute atomic E-state index is 0.0941. The summed E-state index contributed by atoms with van der Waals surface area (Å²) in [6.07, 6.45) is -16.5. The summed E-state index contributed by atoms with van der Waals surface area (Å²) >= 11 is 0. The van der Waals surface area contributed by atoms with Gasteiger partial charge in [0.25, 0.3) is 0 Å². The molecule has 15 heteroatoms. The molecule has 42 heavy (non-hydrogen) atoms. The molecule has 3 aliphatic heterocycles. The predicted molar refractivity (Wildman–Crippen MR) is 136 cm³/mol. The number of benzene rings is 2. The van der Waals surface area contributed by atoms with E-state index in [-0.39, 0.29) is 29.2 Å². The van der Waals surface area contributed by atoms with Crippen LogP contribution in [0.3, 0.4) is 0 Å². The van der Waals surface area contributed by atoms with Gasteiger partial charge in [0, 0.05) is 12.1 Å². The lowest BCUT2D eigenvalue weighted by atomic mass is 9.95. The van der Waals surface area contributed by atoms with Crippen LogP contribution in [0.15, 0.2) is 30.3 Å². The number of Topliss-reactive ketones (excluding diaryl/α,β-unsaturated/α-hetero) is 1. The van der Waals surface area contributed by atoms with E-state index in [2.05, 4.69) is 0 Å². The monoisotopic (exact) mass is 596 g/mol. The highest BCUT2D eigenvalue weighted by Gasteiger charge is 2.51. The van der Waals surface area contributed by atoms with Crippen molar-refractivity contribution in [3.05, 3.63) is 41.5 Å². The fourth-order valence-corrected chi connectivity index (χ4v) is 5.12. The standard InChI is InChI=1S/C27H32O15/c1-9-20(33)22(35)24(37)26(38-9)42-25-23(36)21(34)18(8-28)41-27(25)39-11-5-14(31)19-15(32)7-16(40-17(19)6-11)10-2-3-12(29)13(30)4-10/h2-6,9,16,18,20-31,33-37H,7-8H2,1H3/t9-,16+,18+,20-,21+,22+,23-,24+,25+,26-,27+/m0/s1. The molecule has 11 atom stereocenters. The quantitative estimate of drug-likeness (QED) is 0.173. The zero-order chi connectivity index (χ0) is 30.5. The number of aliphatic hydroxyl groups excluding tert-OH is 6. The molecule has 0 amide bonds. The van der Waals surface area contributed by atoms with E-state index in [9.17, 15) is 50.8 Å². The number of carbonyl (C=O) groups excluding carboxylic acids is 1. The van der Waals surface area contributed by atoms with E-state index in [0.29, 0.717) is 5.56 Å². The molecule has 5 rings (SSSR count). The lowest BCUT2D eigenvalue weighted by Gasteiger charge is -2.45. The van der Waals surface area contributed by atoms with Crippen LogP contribution < -0.4 is 9.47 Å². The van der Waals surface area contributed by atoms with Crippen LogP contribution in [0, 0.1) is 0 Å². The second kappa shape index (κ2) is 11.8. The highest BCUT2D eigenvalue weighted by atomic mass is 16.8. The summed E-state index contributed by atoms with van der Waals surface area (Å²) in [4.78, 5) is 12.9. The van der Waals surface area contributed by atoms with Crippen molar-refractivity contribution >= 4 is 5.78 Å². The Labute approximate surface area is 238 Å². The summed E-state index contributed by atoms with van der Waals surface area (Å²) in [6.45, 7) is 0.683. The van der Waals surface area contributed by atoms with Crippen molar-refractivity contribution in [1.29, 1.82) is 0 Å². The van der Waals surface area contributed by atoms with E-state index in [4.69, 9.17) is 23.7 Å². The Hall–Kier alpha value is -3.25. The molecule has 2 fully saturated rings. The van der Waals surface area contributed by atoms with E-state index < -0.39 is 91.4 Å². The molecule has 3 heterocycles. The van der Waals surface area contributed by atoms with E-state index in [0.717, 1.165) is 6.07 Å². The Morgan fingerprint density at radius 1 is 0.833 bits per heavy atom. The summed E-state index contributed by atoms with van der Waals surface area (Å²) in [5, 5.41) is 91.6. The van der Waals surface area contributed by atoms with Crippen molar-refractivity contribution in [2.24, 2.45) is 0 Å². The topological polar surface area (TPSA) is 245 Å². The molecule has 0 saturated carbocycles. The number of hydrogen-bond donors (Lipinski definition) is 9. The maximum atomic E-state index is 12.9. The summed E-state index contributed by atoms with van der Waals surface area (Å²) in [6, 6.07) is 6.25. The molecule has 0 unspecified atom stereocenters. The van der Waals surface area contributed by atoms with Crippen LogP contribution in [0.5, 0.6) is 28.7 Å². The van der Waals surface area contributed by atoms with Crippen LogP contribution in [0.4, 0.5) is 0 Å². The van der Waals surface area contributed by atoms with Gasteiger partial charge in [-0.1, -0.05) is 6.07 Å². The van der Waals surface area contributed by atoms with Crippen molar-refractivity contribution in [2.75, 3.05) is 6.61 Å². The summed E-state index contributed by atoms with van der Waals surface area (Å²) in [5.74, 6) is -2.02. The Morgan fingerprint density at radius 2 is 1.57 bits per heavy atom. The van der Waals surface area contributed by atoms with Crippen LogP contribution >= 0.6 is 0 Å². The molecule has 9 N–H and O–H groups in total. The number of ketones is 1. The van der Waals surface area contributed by atoms with E-state index >= 15 is 0 Å². The Kier molecular flexibility index (Phi) is 8.48. The zero-order valence-corrected chi connectivity index (χ0v) is 22.1. The van der Waals surface area contributed by atoms with Gasteiger partial charge in [-0.25, -0.2) is 0 Å². The summed E-state index contributed by atoms with van der Waals surface area (Å²) in [7, 11) is 0. The van der Waals surface area contributed by atoms with Gasteiger partial charge in [0.1, 0.15) is 65.5 Å². The zero-order valence-electron chi connectivity index (χ0n) is 22.1. The summed E-state index contributed by atoms with van der Waals surface area (Å²) in [5.41, 5.74) is 0.234. The molecule has 3 aliphatic rings. The van der Waals surface area contributed by atoms with Crippen molar-refractivity contribution in [1.82, 2.24) is 0 Å². The third-order valence-corrected chi connectivity index (χ3v) is 7.52. The Bertz CT molecular complexity index is 1300. The third-order valence-electron chi connectivity index (χ3n) is 7.52. The molecule has 0 spiro atoms. The van der Waals surface area contributed by atoms with Gasteiger partial charge >= 0.3 is 0 Å². The first kappa shape index (κ1) is 30.2. The molecule has 2 aromatic carbocycles. The van der Waals surface area contributed by atoms with Crippen molar-refractivity contribution < 1.29 is 74.4 Å². The van der Waals surface area contributed by atoms with Crippen LogP contribution in [0.25, 0.3) is 0 Å². The van der Waals surface area contributed by atoms with E-state index in [1.807, 2.05) is 0 Å². The molecule has 230 valence electrons. The molecular formula is C27H32O15. The molecule has 0 bridgehead atoms. The third kappa shape index (κ3) is 5.58. The average molecular weight is 597 g/mol. The van der Waals surface area contributed by atoms with Crippen LogP contribution in [0.1, 0.15) is 35.4 Å². The maximum absolute atomic E-state index is 12.9. The van der Waals surface area contributed by atoms with Crippen LogP contribution in [0.2, 0.25) is 0 Å². The minimum atomic E-state index is -1.77. The highest BCUT2D eigenvalue weighted by Crippen LogP contribution is 2.43. The molecule has 0 radical (unpaired) electrons. The maximum Gasteiger partial charge on any atom is 0.229 e. The van der Waals surface area contributed by atoms with Crippen LogP contribution in [-0.4, -0.2) is 120 Å². The number of carbonyl (C=O) groups is 1. The number of rotatable bonds is 6.